The highest BCUT2D eigenvalue weighted by Crippen LogP contribution is 2.38. The van der Waals surface area contributed by atoms with Crippen LogP contribution in [0.3, 0.4) is 0 Å². The van der Waals surface area contributed by atoms with Gasteiger partial charge >= 0.3 is 6.03 Å². The molecule has 2 heterocycles. The number of likely N-dealkylation sites (tertiary alicyclic amines) is 1. The molecule has 0 atom stereocenters. The van der Waals surface area contributed by atoms with Gasteiger partial charge < -0.3 is 10.2 Å². The minimum atomic E-state index is -3.73. The number of carbonyl (C=O) groups excluding carboxylic acids is 1. The number of piperidine rings is 1. The van der Waals surface area contributed by atoms with Crippen molar-refractivity contribution in [1.82, 2.24) is 14.9 Å². The van der Waals surface area contributed by atoms with Crippen LogP contribution in [-0.4, -0.2) is 47.2 Å². The number of hydrogen-bond acceptors (Lipinski definition) is 5. The minimum absolute atomic E-state index is 0.0120. The molecule has 1 saturated heterocycles. The van der Waals surface area contributed by atoms with Crippen LogP contribution in [-0.2, 0) is 9.84 Å². The van der Waals surface area contributed by atoms with Gasteiger partial charge in [-0.15, -0.1) is 0 Å². The largest absolute Gasteiger partial charge is 0.325 e. The van der Waals surface area contributed by atoms with Crippen molar-refractivity contribution < 1.29 is 17.6 Å². The number of aryl methyl sites for hydroxylation is 1. The number of anilines is 1. The molecular weight excluding hydrogens is 395 g/mol. The molecule has 9 heteroatoms. The summed E-state index contributed by atoms with van der Waals surface area (Å²) in [7, 11) is -3.73. The summed E-state index contributed by atoms with van der Waals surface area (Å²) in [5.74, 6) is -0.110. The van der Waals surface area contributed by atoms with Crippen LogP contribution in [0.15, 0.2) is 41.6 Å². The van der Waals surface area contributed by atoms with E-state index in [1.54, 1.807) is 38.1 Å². The molecule has 3 rings (SSSR count). The predicted octanol–water partition coefficient (Wildman–Crippen LogP) is 3.42. The van der Waals surface area contributed by atoms with Crippen LogP contribution in [0.2, 0.25) is 0 Å². The molecule has 1 fully saturated rings. The first kappa shape index (κ1) is 21.2. The number of carbonyl (C=O) groups is 1. The Morgan fingerprint density at radius 3 is 2.41 bits per heavy atom. The molecule has 1 aliphatic rings. The molecule has 0 bridgehead atoms. The molecular formula is C20H25FN4O3S. The van der Waals surface area contributed by atoms with Crippen LogP contribution in [0, 0.1) is 18.7 Å². The molecule has 0 saturated carbocycles. The zero-order chi connectivity index (χ0) is 21.2. The van der Waals surface area contributed by atoms with Crippen LogP contribution < -0.4 is 5.32 Å². The molecule has 2 aromatic rings. The van der Waals surface area contributed by atoms with Crippen LogP contribution in [0.4, 0.5) is 14.9 Å². The number of aromatic nitrogens is 2. The monoisotopic (exact) mass is 420 g/mol. The molecule has 0 aliphatic carbocycles. The van der Waals surface area contributed by atoms with Gasteiger partial charge in [-0.2, -0.15) is 0 Å². The SMILES string of the molecule is Cc1ncc(NC(=O)N2CCC(C(C)(C)S(=O)(=O)c3cccc(F)c3)CC2)cn1. The minimum Gasteiger partial charge on any atom is -0.325 e. The lowest BCUT2D eigenvalue weighted by atomic mass is 9.86. The number of urea groups is 1. The zero-order valence-electron chi connectivity index (χ0n) is 16.7. The van der Waals surface area contributed by atoms with Crippen molar-refractivity contribution in [3.63, 3.8) is 0 Å². The quantitative estimate of drug-likeness (QED) is 0.818. The Labute approximate surface area is 170 Å². The summed E-state index contributed by atoms with van der Waals surface area (Å²) in [5, 5.41) is 2.76. The molecule has 1 aromatic carbocycles. The van der Waals surface area contributed by atoms with Gasteiger partial charge in [-0.25, -0.2) is 27.6 Å². The van der Waals surface area contributed by atoms with Crippen molar-refractivity contribution in [2.24, 2.45) is 5.92 Å². The van der Waals surface area contributed by atoms with Gasteiger partial charge in [-0.3, -0.25) is 0 Å². The Morgan fingerprint density at radius 1 is 1.21 bits per heavy atom. The summed E-state index contributed by atoms with van der Waals surface area (Å²) in [6, 6.07) is 4.85. The Kier molecular flexibility index (Phi) is 5.88. The van der Waals surface area contributed by atoms with Gasteiger partial charge in [0, 0.05) is 13.1 Å². The number of nitrogens with zero attached hydrogens (tertiary/aromatic N) is 3. The van der Waals surface area contributed by atoms with Crippen molar-refractivity contribution in [2.45, 2.75) is 43.3 Å². The van der Waals surface area contributed by atoms with Gasteiger partial charge in [0.2, 0.25) is 0 Å². The second kappa shape index (κ2) is 8.06. The maximum atomic E-state index is 13.5. The first-order chi connectivity index (χ1) is 13.6. The van der Waals surface area contributed by atoms with Crippen molar-refractivity contribution in [3.05, 3.63) is 48.3 Å². The first-order valence-corrected chi connectivity index (χ1v) is 10.9. The van der Waals surface area contributed by atoms with E-state index < -0.39 is 20.4 Å². The van der Waals surface area contributed by atoms with Crippen LogP contribution in [0.5, 0.6) is 0 Å². The number of halogens is 1. The molecule has 1 aliphatic heterocycles. The summed E-state index contributed by atoms with van der Waals surface area (Å²) in [5.41, 5.74) is 0.511. The second-order valence-electron chi connectivity index (χ2n) is 7.77. The second-order valence-corrected chi connectivity index (χ2v) is 10.3. The van der Waals surface area contributed by atoms with E-state index in [1.807, 2.05) is 0 Å². The number of rotatable bonds is 4. The highest BCUT2D eigenvalue weighted by Gasteiger charge is 2.44. The fraction of sp³-hybridized carbons (Fsp3) is 0.450. The highest BCUT2D eigenvalue weighted by atomic mass is 32.2. The maximum Gasteiger partial charge on any atom is 0.321 e. The van der Waals surface area contributed by atoms with E-state index in [4.69, 9.17) is 0 Å². The predicted molar refractivity (Wildman–Crippen MR) is 108 cm³/mol. The summed E-state index contributed by atoms with van der Waals surface area (Å²) >= 11 is 0. The number of amides is 2. The molecule has 1 aromatic heterocycles. The standard InChI is InChI=1S/C20H25FN4O3S/c1-14-22-12-17(13-23-14)24-19(26)25-9-7-15(8-10-25)20(2,3)29(27,28)18-6-4-5-16(21)11-18/h4-6,11-13,15H,7-10H2,1-3H3,(H,24,26). The van der Waals surface area contributed by atoms with Gasteiger partial charge in [-0.1, -0.05) is 6.07 Å². The van der Waals surface area contributed by atoms with E-state index in [1.165, 1.54) is 18.2 Å². The summed E-state index contributed by atoms with van der Waals surface area (Å²) in [6.07, 6.45) is 4.17. The topological polar surface area (TPSA) is 92.3 Å². The van der Waals surface area contributed by atoms with E-state index in [0.717, 1.165) is 6.07 Å². The fourth-order valence-electron chi connectivity index (χ4n) is 3.59. The van der Waals surface area contributed by atoms with Gasteiger partial charge in [0.25, 0.3) is 0 Å². The molecule has 1 N–H and O–H groups in total. The third-order valence-electron chi connectivity index (χ3n) is 5.60. The number of sulfone groups is 1. The molecule has 2 amide bonds. The number of benzene rings is 1. The Bertz CT molecular complexity index is 985. The van der Waals surface area contributed by atoms with E-state index in [0.29, 0.717) is 37.4 Å². The van der Waals surface area contributed by atoms with E-state index in [2.05, 4.69) is 15.3 Å². The lowest BCUT2D eigenvalue weighted by Gasteiger charge is -2.40. The maximum absolute atomic E-state index is 13.5. The zero-order valence-corrected chi connectivity index (χ0v) is 17.5. The Balaban J connectivity index is 1.66. The van der Waals surface area contributed by atoms with Crippen molar-refractivity contribution in [1.29, 1.82) is 0 Å². The lowest BCUT2D eigenvalue weighted by molar-refractivity contribution is 0.171. The average Bonchev–Trinajstić information content (AvgIpc) is 2.69. The van der Waals surface area contributed by atoms with Gasteiger partial charge in [0.1, 0.15) is 11.6 Å². The van der Waals surface area contributed by atoms with Crippen LogP contribution in [0.25, 0.3) is 0 Å². The third kappa shape index (κ3) is 4.39. The molecule has 0 radical (unpaired) electrons. The molecule has 156 valence electrons. The van der Waals surface area contributed by atoms with E-state index in [-0.39, 0.29) is 16.8 Å². The third-order valence-corrected chi connectivity index (χ3v) is 8.19. The first-order valence-electron chi connectivity index (χ1n) is 9.46. The summed E-state index contributed by atoms with van der Waals surface area (Å²) in [4.78, 5) is 22.2. The van der Waals surface area contributed by atoms with E-state index >= 15 is 0 Å². The van der Waals surface area contributed by atoms with Gasteiger partial charge in [0.05, 0.1) is 27.7 Å². The fourth-order valence-corrected chi connectivity index (χ4v) is 5.40. The number of nitrogens with one attached hydrogen (secondary N) is 1. The van der Waals surface area contributed by atoms with Crippen molar-refractivity contribution >= 4 is 21.6 Å². The van der Waals surface area contributed by atoms with Gasteiger partial charge in [-0.05, 0) is 57.7 Å². The highest BCUT2D eigenvalue weighted by molar-refractivity contribution is 7.92. The van der Waals surface area contributed by atoms with Crippen LogP contribution in [0.1, 0.15) is 32.5 Å². The Hall–Kier alpha value is -2.55. The normalized spacial score (nSPS) is 15.9. The molecule has 7 nitrogen and oxygen atoms in total. The Morgan fingerprint density at radius 2 is 1.83 bits per heavy atom. The van der Waals surface area contributed by atoms with E-state index in [9.17, 15) is 17.6 Å². The van der Waals surface area contributed by atoms with Crippen molar-refractivity contribution in [2.75, 3.05) is 18.4 Å². The molecule has 0 unspecified atom stereocenters. The smallest absolute Gasteiger partial charge is 0.321 e. The van der Waals surface area contributed by atoms with Crippen LogP contribution >= 0.6 is 0 Å². The number of hydrogen-bond donors (Lipinski definition) is 1. The molecule has 0 spiro atoms. The van der Waals surface area contributed by atoms with Crippen molar-refractivity contribution in [3.8, 4) is 0 Å². The van der Waals surface area contributed by atoms with Gasteiger partial charge in [0.15, 0.2) is 9.84 Å². The average molecular weight is 421 g/mol. The lowest BCUT2D eigenvalue weighted by Crippen LogP contribution is -2.48. The summed E-state index contributed by atoms with van der Waals surface area (Å²) in [6.45, 7) is 5.99. The molecule has 29 heavy (non-hydrogen) atoms. The summed E-state index contributed by atoms with van der Waals surface area (Å²) < 4.78 is 38.7.